The first-order valence-corrected chi connectivity index (χ1v) is 8.10. The second-order valence-corrected chi connectivity index (χ2v) is 7.33. The van der Waals surface area contributed by atoms with Crippen molar-refractivity contribution in [3.05, 3.63) is 34.3 Å². The van der Waals surface area contributed by atoms with Gasteiger partial charge in [0.25, 0.3) is 0 Å². The van der Waals surface area contributed by atoms with E-state index in [9.17, 15) is 0 Å². The molecule has 2 nitrogen and oxygen atoms in total. The summed E-state index contributed by atoms with van der Waals surface area (Å²) in [6.45, 7) is 9.96. The highest BCUT2D eigenvalue weighted by Crippen LogP contribution is 2.41. The number of halogens is 1. The third-order valence-electron chi connectivity index (χ3n) is 5.02. The highest BCUT2D eigenvalue weighted by Gasteiger charge is 2.45. The van der Waals surface area contributed by atoms with E-state index >= 15 is 0 Å². The highest BCUT2D eigenvalue weighted by molar-refractivity contribution is 6.31. The molecule has 2 fully saturated rings. The number of benzene rings is 1. The zero-order valence-corrected chi connectivity index (χ0v) is 13.5. The van der Waals surface area contributed by atoms with Crippen molar-refractivity contribution in [2.45, 2.75) is 51.7 Å². The minimum Gasteiger partial charge on any atom is -0.308 e. The van der Waals surface area contributed by atoms with E-state index < -0.39 is 0 Å². The van der Waals surface area contributed by atoms with Crippen molar-refractivity contribution < 1.29 is 0 Å². The molecule has 20 heavy (non-hydrogen) atoms. The molecule has 1 heterocycles. The van der Waals surface area contributed by atoms with Gasteiger partial charge in [0.2, 0.25) is 0 Å². The summed E-state index contributed by atoms with van der Waals surface area (Å²) >= 11 is 6.40. The van der Waals surface area contributed by atoms with Crippen molar-refractivity contribution in [2.75, 3.05) is 13.1 Å². The van der Waals surface area contributed by atoms with Crippen LogP contribution in [0.1, 0.15) is 37.8 Å². The minimum atomic E-state index is 0.295. The number of rotatable bonds is 3. The summed E-state index contributed by atoms with van der Waals surface area (Å²) in [4.78, 5) is 2.59. The number of piperazine rings is 1. The van der Waals surface area contributed by atoms with Crippen molar-refractivity contribution >= 4 is 11.6 Å². The molecular weight excluding hydrogens is 268 g/mol. The van der Waals surface area contributed by atoms with E-state index in [-0.39, 0.29) is 0 Å². The average Bonchev–Trinajstić information content (AvgIpc) is 3.22. The Labute approximate surface area is 127 Å². The topological polar surface area (TPSA) is 15.3 Å². The van der Waals surface area contributed by atoms with E-state index in [0.717, 1.165) is 30.6 Å². The summed E-state index contributed by atoms with van der Waals surface area (Å²) in [6, 6.07) is 6.98. The van der Waals surface area contributed by atoms with Crippen molar-refractivity contribution in [1.29, 1.82) is 0 Å². The number of hydrogen-bond donors (Lipinski definition) is 1. The third kappa shape index (κ3) is 2.88. The van der Waals surface area contributed by atoms with Gasteiger partial charge in [0.05, 0.1) is 0 Å². The first-order valence-electron chi connectivity index (χ1n) is 7.72. The Kier molecular flexibility index (Phi) is 3.83. The van der Waals surface area contributed by atoms with Crippen molar-refractivity contribution in [1.82, 2.24) is 10.2 Å². The summed E-state index contributed by atoms with van der Waals surface area (Å²) < 4.78 is 0. The largest absolute Gasteiger partial charge is 0.308 e. The van der Waals surface area contributed by atoms with E-state index in [1.54, 1.807) is 0 Å². The molecule has 0 spiro atoms. The van der Waals surface area contributed by atoms with Gasteiger partial charge in [0.15, 0.2) is 0 Å². The maximum Gasteiger partial charge on any atom is 0.0453 e. The normalized spacial score (nSPS) is 31.5. The third-order valence-corrected chi connectivity index (χ3v) is 5.37. The zero-order chi connectivity index (χ0) is 14.3. The lowest BCUT2D eigenvalue weighted by atomic mass is 9.91. The molecule has 0 bridgehead atoms. The first-order chi connectivity index (χ1) is 9.48. The Morgan fingerprint density at radius 3 is 2.80 bits per heavy atom. The van der Waals surface area contributed by atoms with Crippen molar-refractivity contribution in [3.8, 4) is 0 Å². The molecule has 3 heteroatoms. The Morgan fingerprint density at radius 1 is 1.40 bits per heavy atom. The summed E-state index contributed by atoms with van der Waals surface area (Å²) in [5.41, 5.74) is 2.78. The lowest BCUT2D eigenvalue weighted by Gasteiger charge is -2.45. The molecule has 110 valence electrons. The van der Waals surface area contributed by atoms with Gasteiger partial charge in [-0.1, -0.05) is 23.7 Å². The van der Waals surface area contributed by atoms with Crippen LogP contribution in [-0.4, -0.2) is 29.6 Å². The summed E-state index contributed by atoms with van der Waals surface area (Å²) in [5.74, 6) is 0.867. The molecule has 1 aliphatic carbocycles. The predicted molar refractivity (Wildman–Crippen MR) is 85.2 cm³/mol. The Morgan fingerprint density at radius 2 is 2.15 bits per heavy atom. The molecule has 2 atom stereocenters. The first kappa shape index (κ1) is 14.4. The standard InChI is InChI=1S/C17H25ClN2/c1-12-4-5-14(16(18)8-12)10-20-11-17(3,15-6-7-15)19-9-13(20)2/h4-5,8,13,15,19H,6-7,9-11H2,1-3H3. The smallest absolute Gasteiger partial charge is 0.0453 e. The SMILES string of the molecule is Cc1ccc(CN2CC(C)(C3CC3)NCC2C)c(Cl)c1. The predicted octanol–water partition coefficient (Wildman–Crippen LogP) is 3.61. The van der Waals surface area contributed by atoms with Crippen LogP contribution in [0.25, 0.3) is 0 Å². The van der Waals surface area contributed by atoms with Crippen LogP contribution < -0.4 is 5.32 Å². The zero-order valence-electron chi connectivity index (χ0n) is 12.7. The molecule has 1 N–H and O–H groups in total. The van der Waals surface area contributed by atoms with Crippen LogP contribution in [0.2, 0.25) is 5.02 Å². The van der Waals surface area contributed by atoms with Crippen LogP contribution in [0, 0.1) is 12.8 Å². The monoisotopic (exact) mass is 292 g/mol. The van der Waals surface area contributed by atoms with Gasteiger partial charge in [-0.3, -0.25) is 4.90 Å². The summed E-state index contributed by atoms with van der Waals surface area (Å²) in [6.07, 6.45) is 2.77. The molecular formula is C17H25ClN2. The molecule has 3 rings (SSSR count). The number of nitrogens with zero attached hydrogens (tertiary/aromatic N) is 1. The molecule has 0 radical (unpaired) electrons. The number of hydrogen-bond acceptors (Lipinski definition) is 2. The molecule has 1 saturated carbocycles. The van der Waals surface area contributed by atoms with Gasteiger partial charge in [-0.15, -0.1) is 0 Å². The van der Waals surface area contributed by atoms with E-state index in [1.807, 2.05) is 0 Å². The Bertz CT molecular complexity index is 498. The Balaban J connectivity index is 1.74. The molecule has 1 aromatic carbocycles. The lowest BCUT2D eigenvalue weighted by molar-refractivity contribution is 0.0770. The molecule has 0 amide bonds. The molecule has 2 aliphatic rings. The highest BCUT2D eigenvalue weighted by atomic mass is 35.5. The minimum absolute atomic E-state index is 0.295. The molecule has 0 aromatic heterocycles. The maximum atomic E-state index is 6.40. The summed E-state index contributed by atoms with van der Waals surface area (Å²) in [7, 11) is 0. The number of aryl methyl sites for hydroxylation is 1. The quantitative estimate of drug-likeness (QED) is 0.915. The fraction of sp³-hybridized carbons (Fsp3) is 0.647. The van der Waals surface area contributed by atoms with Crippen LogP contribution in [0.15, 0.2) is 18.2 Å². The lowest BCUT2D eigenvalue weighted by Crippen LogP contribution is -2.62. The molecule has 1 aromatic rings. The number of nitrogens with one attached hydrogen (secondary N) is 1. The van der Waals surface area contributed by atoms with Gasteiger partial charge in [0, 0.05) is 36.2 Å². The Hall–Kier alpha value is -0.570. The molecule has 1 saturated heterocycles. The van der Waals surface area contributed by atoms with Crippen molar-refractivity contribution in [2.24, 2.45) is 5.92 Å². The van der Waals surface area contributed by atoms with E-state index in [2.05, 4.69) is 49.2 Å². The fourth-order valence-electron chi connectivity index (χ4n) is 3.35. The second kappa shape index (κ2) is 5.32. The van der Waals surface area contributed by atoms with Crippen molar-refractivity contribution in [3.63, 3.8) is 0 Å². The maximum absolute atomic E-state index is 6.40. The van der Waals surface area contributed by atoms with Crippen LogP contribution in [0.4, 0.5) is 0 Å². The van der Waals surface area contributed by atoms with Gasteiger partial charge in [-0.05, 0) is 56.7 Å². The van der Waals surface area contributed by atoms with Gasteiger partial charge in [-0.2, -0.15) is 0 Å². The van der Waals surface area contributed by atoms with Gasteiger partial charge < -0.3 is 5.32 Å². The van der Waals surface area contributed by atoms with Gasteiger partial charge in [-0.25, -0.2) is 0 Å². The second-order valence-electron chi connectivity index (χ2n) is 6.92. The van der Waals surface area contributed by atoms with Crippen LogP contribution in [0.3, 0.4) is 0 Å². The molecule has 2 unspecified atom stereocenters. The van der Waals surface area contributed by atoms with Crippen LogP contribution in [-0.2, 0) is 6.54 Å². The summed E-state index contributed by atoms with van der Waals surface area (Å²) in [5, 5.41) is 4.68. The average molecular weight is 293 g/mol. The molecule has 1 aliphatic heterocycles. The fourth-order valence-corrected chi connectivity index (χ4v) is 3.64. The van der Waals surface area contributed by atoms with Crippen LogP contribution in [0.5, 0.6) is 0 Å². The van der Waals surface area contributed by atoms with Gasteiger partial charge in [0.1, 0.15) is 0 Å². The van der Waals surface area contributed by atoms with E-state index in [4.69, 9.17) is 11.6 Å². The van der Waals surface area contributed by atoms with Gasteiger partial charge >= 0.3 is 0 Å². The van der Waals surface area contributed by atoms with Crippen LogP contribution >= 0.6 is 11.6 Å². The van der Waals surface area contributed by atoms with E-state index in [0.29, 0.717) is 11.6 Å². The van der Waals surface area contributed by atoms with E-state index in [1.165, 1.54) is 24.0 Å².